The summed E-state index contributed by atoms with van der Waals surface area (Å²) in [6.07, 6.45) is 2.11. The van der Waals surface area contributed by atoms with Crippen LogP contribution >= 0.6 is 0 Å². The number of rotatable bonds is 4. The van der Waals surface area contributed by atoms with Crippen molar-refractivity contribution in [3.8, 4) is 0 Å². The number of hydrogen-bond acceptors (Lipinski definition) is 6. The summed E-state index contributed by atoms with van der Waals surface area (Å²) in [5.74, 6) is -0.770. The summed E-state index contributed by atoms with van der Waals surface area (Å²) in [4.78, 5) is 11.0. The van der Waals surface area contributed by atoms with Gasteiger partial charge in [-0.1, -0.05) is 0 Å². The van der Waals surface area contributed by atoms with Crippen molar-refractivity contribution in [1.29, 1.82) is 0 Å². The molecule has 1 fully saturated rings. The van der Waals surface area contributed by atoms with E-state index in [1.54, 1.807) is 0 Å². The molecule has 1 saturated heterocycles. The molecule has 0 saturated carbocycles. The Hall–Kier alpha value is -1.89. The first-order valence-electron chi connectivity index (χ1n) is 5.39. The van der Waals surface area contributed by atoms with E-state index in [2.05, 4.69) is 15.5 Å². The van der Waals surface area contributed by atoms with E-state index in [1.807, 2.05) is 0 Å². The first kappa shape index (κ1) is 11.6. The van der Waals surface area contributed by atoms with Gasteiger partial charge in [-0.2, -0.15) is 0 Å². The fourth-order valence-electron chi connectivity index (χ4n) is 1.72. The van der Waals surface area contributed by atoms with E-state index in [9.17, 15) is 4.79 Å². The van der Waals surface area contributed by atoms with Crippen molar-refractivity contribution < 1.29 is 14.6 Å². The van der Waals surface area contributed by atoms with Gasteiger partial charge in [-0.15, -0.1) is 10.2 Å². The van der Waals surface area contributed by atoms with E-state index in [1.165, 1.54) is 6.07 Å². The molecule has 2 heterocycles. The number of carboxylic acid groups (broad SMARTS) is 1. The number of nitrogens with one attached hydrogen (secondary N) is 1. The summed E-state index contributed by atoms with van der Waals surface area (Å²) in [7, 11) is 0. The number of aromatic nitrogens is 2. The average Bonchev–Trinajstić information content (AvgIpc) is 2.80. The zero-order valence-electron chi connectivity index (χ0n) is 9.22. The maximum Gasteiger partial charge on any atom is 0.339 e. The number of aromatic carboxylic acids is 1. The van der Waals surface area contributed by atoms with Crippen LogP contribution in [0.1, 0.15) is 23.2 Å². The van der Waals surface area contributed by atoms with Crippen LogP contribution in [-0.2, 0) is 4.74 Å². The Balaban J connectivity index is 2.06. The quantitative estimate of drug-likeness (QED) is 0.694. The largest absolute Gasteiger partial charge is 0.478 e. The van der Waals surface area contributed by atoms with Gasteiger partial charge in [0.05, 0.1) is 6.10 Å². The summed E-state index contributed by atoms with van der Waals surface area (Å²) >= 11 is 0. The molecule has 7 nitrogen and oxygen atoms in total. The van der Waals surface area contributed by atoms with Crippen LogP contribution in [0.5, 0.6) is 0 Å². The summed E-state index contributed by atoms with van der Waals surface area (Å²) in [5.41, 5.74) is 5.42. The lowest BCUT2D eigenvalue weighted by molar-refractivity contribution is 0.0697. The SMILES string of the molecule is Nc1cc(C(=O)O)c(NCC2CCCO2)nn1. The first-order chi connectivity index (χ1) is 8.16. The third kappa shape index (κ3) is 2.82. The van der Waals surface area contributed by atoms with Crippen molar-refractivity contribution in [2.24, 2.45) is 0 Å². The van der Waals surface area contributed by atoms with Crippen molar-refractivity contribution in [2.45, 2.75) is 18.9 Å². The number of anilines is 2. The topological polar surface area (TPSA) is 110 Å². The van der Waals surface area contributed by atoms with Crippen LogP contribution in [0.25, 0.3) is 0 Å². The molecule has 0 aliphatic carbocycles. The van der Waals surface area contributed by atoms with Crippen molar-refractivity contribution in [1.82, 2.24) is 10.2 Å². The minimum Gasteiger partial charge on any atom is -0.478 e. The van der Waals surface area contributed by atoms with Crippen LogP contribution in [0, 0.1) is 0 Å². The molecular formula is C10H14N4O3. The molecule has 0 radical (unpaired) electrons. The monoisotopic (exact) mass is 238 g/mol. The number of carbonyl (C=O) groups is 1. The highest BCUT2D eigenvalue weighted by Crippen LogP contribution is 2.16. The van der Waals surface area contributed by atoms with E-state index >= 15 is 0 Å². The summed E-state index contributed by atoms with van der Waals surface area (Å²) in [5, 5.41) is 19.3. The zero-order valence-corrected chi connectivity index (χ0v) is 9.22. The molecule has 17 heavy (non-hydrogen) atoms. The van der Waals surface area contributed by atoms with Gasteiger partial charge in [0.2, 0.25) is 0 Å². The second-order valence-electron chi connectivity index (χ2n) is 3.85. The Bertz CT molecular complexity index is 418. The number of nitrogens with zero attached hydrogens (tertiary/aromatic N) is 2. The highest BCUT2D eigenvalue weighted by Gasteiger charge is 2.18. The Labute approximate surface area is 98.0 Å². The zero-order chi connectivity index (χ0) is 12.3. The molecule has 0 aromatic carbocycles. The predicted octanol–water partition coefficient (Wildman–Crippen LogP) is 0.348. The first-order valence-corrected chi connectivity index (χ1v) is 5.39. The Morgan fingerprint density at radius 3 is 3.12 bits per heavy atom. The predicted molar refractivity (Wildman–Crippen MR) is 60.9 cm³/mol. The fraction of sp³-hybridized carbons (Fsp3) is 0.500. The molecule has 1 aromatic heterocycles. The third-order valence-electron chi connectivity index (χ3n) is 2.56. The van der Waals surface area contributed by atoms with Gasteiger partial charge in [0.25, 0.3) is 0 Å². The number of carboxylic acids is 1. The number of nitrogens with two attached hydrogens (primary N) is 1. The van der Waals surface area contributed by atoms with Crippen molar-refractivity contribution in [2.75, 3.05) is 24.2 Å². The molecule has 1 atom stereocenters. The second kappa shape index (κ2) is 4.96. The van der Waals surface area contributed by atoms with Gasteiger partial charge in [0, 0.05) is 19.2 Å². The van der Waals surface area contributed by atoms with E-state index in [0.29, 0.717) is 6.54 Å². The van der Waals surface area contributed by atoms with Crippen LogP contribution in [0.3, 0.4) is 0 Å². The van der Waals surface area contributed by atoms with Crippen LogP contribution in [0.4, 0.5) is 11.6 Å². The lowest BCUT2D eigenvalue weighted by Gasteiger charge is -2.12. The van der Waals surface area contributed by atoms with Gasteiger partial charge in [0.1, 0.15) is 11.4 Å². The fourth-order valence-corrected chi connectivity index (χ4v) is 1.72. The van der Waals surface area contributed by atoms with Gasteiger partial charge in [-0.05, 0) is 12.8 Å². The van der Waals surface area contributed by atoms with Crippen LogP contribution < -0.4 is 11.1 Å². The smallest absolute Gasteiger partial charge is 0.339 e. The standard InChI is InChI=1S/C10H14N4O3/c11-8-4-7(10(15)16)9(14-13-8)12-5-6-2-1-3-17-6/h4,6H,1-3,5H2,(H2,11,13)(H,12,14)(H,15,16). The van der Waals surface area contributed by atoms with E-state index in [0.717, 1.165) is 19.4 Å². The lowest BCUT2D eigenvalue weighted by atomic mass is 10.2. The molecule has 2 rings (SSSR count). The highest BCUT2D eigenvalue weighted by molar-refractivity contribution is 5.93. The average molecular weight is 238 g/mol. The summed E-state index contributed by atoms with van der Waals surface area (Å²) < 4.78 is 5.42. The van der Waals surface area contributed by atoms with Gasteiger partial charge in [-0.3, -0.25) is 0 Å². The van der Waals surface area contributed by atoms with Crippen molar-refractivity contribution >= 4 is 17.6 Å². The van der Waals surface area contributed by atoms with Crippen LogP contribution in [0.2, 0.25) is 0 Å². The number of nitrogen functional groups attached to an aromatic ring is 1. The molecule has 1 aliphatic rings. The van der Waals surface area contributed by atoms with Gasteiger partial charge < -0.3 is 20.9 Å². The van der Waals surface area contributed by atoms with Crippen LogP contribution in [-0.4, -0.2) is 40.5 Å². The minimum absolute atomic E-state index is 0.0236. The molecule has 1 unspecified atom stereocenters. The summed E-state index contributed by atoms with van der Waals surface area (Å²) in [6, 6.07) is 1.28. The van der Waals surface area contributed by atoms with Gasteiger partial charge >= 0.3 is 5.97 Å². The molecule has 0 amide bonds. The molecule has 7 heteroatoms. The molecule has 0 spiro atoms. The second-order valence-corrected chi connectivity index (χ2v) is 3.85. The maximum atomic E-state index is 11.0. The van der Waals surface area contributed by atoms with Crippen molar-refractivity contribution in [3.05, 3.63) is 11.6 Å². The molecular weight excluding hydrogens is 224 g/mol. The Morgan fingerprint density at radius 1 is 1.65 bits per heavy atom. The summed E-state index contributed by atoms with van der Waals surface area (Å²) in [6.45, 7) is 1.28. The number of ether oxygens (including phenoxy) is 1. The normalized spacial score (nSPS) is 19.2. The lowest BCUT2D eigenvalue weighted by Crippen LogP contribution is -2.21. The number of hydrogen-bond donors (Lipinski definition) is 3. The van der Waals surface area contributed by atoms with E-state index < -0.39 is 5.97 Å². The third-order valence-corrected chi connectivity index (χ3v) is 2.56. The molecule has 1 aliphatic heterocycles. The highest BCUT2D eigenvalue weighted by atomic mass is 16.5. The molecule has 92 valence electrons. The van der Waals surface area contributed by atoms with Gasteiger partial charge in [-0.25, -0.2) is 4.79 Å². The minimum atomic E-state index is -1.08. The van der Waals surface area contributed by atoms with E-state index in [4.69, 9.17) is 15.6 Å². The molecule has 4 N–H and O–H groups in total. The van der Waals surface area contributed by atoms with E-state index in [-0.39, 0.29) is 23.3 Å². The van der Waals surface area contributed by atoms with Gasteiger partial charge in [0.15, 0.2) is 5.82 Å². The molecule has 1 aromatic rings. The molecule has 0 bridgehead atoms. The van der Waals surface area contributed by atoms with Crippen LogP contribution in [0.15, 0.2) is 6.07 Å². The maximum absolute atomic E-state index is 11.0. The Morgan fingerprint density at radius 2 is 2.47 bits per heavy atom. The van der Waals surface area contributed by atoms with Crippen molar-refractivity contribution in [3.63, 3.8) is 0 Å². The Kier molecular flexibility index (Phi) is 3.38.